The van der Waals surface area contributed by atoms with Crippen LogP contribution in [0.15, 0.2) is 72.9 Å². The van der Waals surface area contributed by atoms with E-state index in [1.54, 1.807) is 12.3 Å². The quantitative estimate of drug-likeness (QED) is 0.669. The zero-order valence-electron chi connectivity index (χ0n) is 14.1. The fraction of sp³-hybridized carbons (Fsp3) is 0.105. The van der Waals surface area contributed by atoms with Crippen molar-refractivity contribution >= 4 is 0 Å². The van der Waals surface area contributed by atoms with Crippen molar-refractivity contribution in [2.75, 3.05) is 0 Å². The smallest absolute Gasteiger partial charge is 0.0704 e. The number of rotatable bonds is 3. The largest absolute Gasteiger partial charge is 0.256 e. The lowest BCUT2D eigenvalue weighted by molar-refractivity contribution is 1.11. The predicted molar refractivity (Wildman–Crippen MR) is 83.7 cm³/mol. The van der Waals surface area contributed by atoms with E-state index in [0.717, 1.165) is 16.7 Å². The molecule has 1 nitrogen and oxygen atoms in total. The molecule has 2 aromatic carbocycles. The molecule has 3 aromatic rings. The lowest BCUT2D eigenvalue weighted by atomic mass is 10.0. The first-order chi connectivity index (χ1) is 11.0. The molecule has 0 bridgehead atoms. The van der Waals surface area contributed by atoms with Crippen LogP contribution >= 0.6 is 0 Å². The maximum Gasteiger partial charge on any atom is 0.0704 e. The lowest BCUT2D eigenvalue weighted by Crippen LogP contribution is -1.95. The van der Waals surface area contributed by atoms with Gasteiger partial charge in [-0.2, -0.15) is 0 Å². The Morgan fingerprint density at radius 3 is 2.35 bits per heavy atom. The summed E-state index contributed by atoms with van der Waals surface area (Å²) in [5.41, 5.74) is 3.80. The lowest BCUT2D eigenvalue weighted by Gasteiger charge is -2.08. The third-order valence-corrected chi connectivity index (χ3v) is 3.29. The normalized spacial score (nSPS) is 13.3. The molecule has 0 unspecified atom stereocenters. The molecule has 0 atom stereocenters. The van der Waals surface area contributed by atoms with E-state index < -0.39 is 6.85 Å². The molecule has 0 aliphatic rings. The Morgan fingerprint density at radius 1 is 0.950 bits per heavy atom. The zero-order chi connectivity index (χ0) is 16.3. The Hall–Kier alpha value is -2.41. The first-order valence-corrected chi connectivity index (χ1v) is 6.63. The molecule has 0 amide bonds. The maximum absolute atomic E-state index is 7.84. The number of benzene rings is 2. The fourth-order valence-electron chi connectivity index (χ4n) is 2.21. The highest BCUT2D eigenvalue weighted by Gasteiger charge is 2.04. The van der Waals surface area contributed by atoms with E-state index in [9.17, 15) is 0 Å². The first-order valence-electron chi connectivity index (χ1n) is 8.13. The molecule has 0 aliphatic heterocycles. The molecule has 1 aromatic heterocycles. The number of hydrogen-bond acceptors (Lipinski definition) is 1. The minimum Gasteiger partial charge on any atom is -0.256 e. The minimum absolute atomic E-state index is 0.371. The van der Waals surface area contributed by atoms with Crippen LogP contribution in [0.5, 0.6) is 0 Å². The van der Waals surface area contributed by atoms with Crippen molar-refractivity contribution in [1.82, 2.24) is 4.98 Å². The molecule has 0 saturated heterocycles. The second-order valence-corrected chi connectivity index (χ2v) is 4.76. The van der Waals surface area contributed by atoms with E-state index >= 15 is 0 Å². The van der Waals surface area contributed by atoms with Gasteiger partial charge >= 0.3 is 0 Å². The van der Waals surface area contributed by atoms with Crippen LogP contribution in [0, 0.1) is 6.85 Å². The van der Waals surface area contributed by atoms with Crippen molar-refractivity contribution in [3.05, 3.63) is 89.6 Å². The second kappa shape index (κ2) is 5.70. The van der Waals surface area contributed by atoms with Crippen molar-refractivity contribution in [2.24, 2.45) is 0 Å². The summed E-state index contributed by atoms with van der Waals surface area (Å²) in [5, 5.41) is 0. The number of pyridine rings is 1. The van der Waals surface area contributed by atoms with Gasteiger partial charge in [-0.3, -0.25) is 4.98 Å². The average molecular weight is 262 g/mol. The monoisotopic (exact) mass is 262 g/mol. The minimum atomic E-state index is -2.16. The van der Waals surface area contributed by atoms with Crippen LogP contribution in [0.25, 0.3) is 11.3 Å². The number of aryl methyl sites for hydroxylation is 1. The van der Waals surface area contributed by atoms with Gasteiger partial charge in [-0.1, -0.05) is 60.7 Å². The number of nitrogens with zero attached hydrogens (tertiary/aromatic N) is 1. The topological polar surface area (TPSA) is 12.9 Å². The van der Waals surface area contributed by atoms with Crippen molar-refractivity contribution in [2.45, 2.75) is 13.3 Å². The second-order valence-electron chi connectivity index (χ2n) is 4.76. The molecule has 1 heteroatoms. The van der Waals surface area contributed by atoms with Gasteiger partial charge in [-0.15, -0.1) is 0 Å². The van der Waals surface area contributed by atoms with E-state index in [-0.39, 0.29) is 0 Å². The van der Waals surface area contributed by atoms with Gasteiger partial charge in [0.05, 0.1) is 5.69 Å². The highest BCUT2D eigenvalue weighted by molar-refractivity contribution is 5.60. The molecule has 20 heavy (non-hydrogen) atoms. The summed E-state index contributed by atoms with van der Waals surface area (Å²) in [6.45, 7) is -2.16. The third-order valence-electron chi connectivity index (χ3n) is 3.29. The molecular formula is C19H17N. The molecule has 0 aliphatic carbocycles. The standard InChI is InChI=1S/C19H17N/c1-15-12-19(17-10-6-3-7-11-17)20-14-18(15)13-16-8-4-2-5-9-16/h2-12,14H,13H2,1H3/i1D3. The van der Waals surface area contributed by atoms with Crippen LogP contribution in [0.2, 0.25) is 0 Å². The van der Waals surface area contributed by atoms with Crippen molar-refractivity contribution in [3.63, 3.8) is 0 Å². The van der Waals surface area contributed by atoms with Crippen molar-refractivity contribution in [3.8, 4) is 11.3 Å². The average Bonchev–Trinajstić information content (AvgIpc) is 2.56. The summed E-state index contributed by atoms with van der Waals surface area (Å²) in [6, 6.07) is 21.2. The molecule has 0 radical (unpaired) electrons. The van der Waals surface area contributed by atoms with Crippen molar-refractivity contribution in [1.29, 1.82) is 0 Å². The van der Waals surface area contributed by atoms with E-state index in [1.165, 1.54) is 0 Å². The van der Waals surface area contributed by atoms with Crippen LogP contribution < -0.4 is 0 Å². The fourth-order valence-corrected chi connectivity index (χ4v) is 2.21. The molecule has 1 heterocycles. The van der Waals surface area contributed by atoms with Gasteiger partial charge in [-0.05, 0) is 36.0 Å². The molecular weight excluding hydrogens is 242 g/mol. The van der Waals surface area contributed by atoms with E-state index in [0.29, 0.717) is 17.7 Å². The summed E-state index contributed by atoms with van der Waals surface area (Å²) in [5.74, 6) is 0. The number of hydrogen-bond donors (Lipinski definition) is 0. The Kier molecular flexibility index (Phi) is 2.71. The van der Waals surface area contributed by atoms with Crippen LogP contribution in [-0.2, 0) is 6.42 Å². The molecule has 0 spiro atoms. The Morgan fingerprint density at radius 2 is 1.65 bits per heavy atom. The van der Waals surface area contributed by atoms with Crippen molar-refractivity contribution < 1.29 is 4.11 Å². The molecule has 0 fully saturated rings. The maximum atomic E-state index is 7.84. The first kappa shape index (κ1) is 9.49. The SMILES string of the molecule is [2H]C([2H])([2H])c1cc(-c2ccccc2)ncc1Cc1ccccc1. The number of aromatic nitrogens is 1. The van der Waals surface area contributed by atoms with Crippen LogP contribution in [0.3, 0.4) is 0 Å². The summed E-state index contributed by atoms with van der Waals surface area (Å²) in [6.07, 6.45) is 2.26. The molecule has 0 saturated carbocycles. The van der Waals surface area contributed by atoms with Gasteiger partial charge in [0, 0.05) is 15.9 Å². The van der Waals surface area contributed by atoms with Gasteiger partial charge in [-0.25, -0.2) is 0 Å². The Balaban J connectivity index is 2.03. The molecule has 0 N–H and O–H groups in total. The van der Waals surface area contributed by atoms with Crippen LogP contribution in [0.4, 0.5) is 0 Å². The van der Waals surface area contributed by atoms with Gasteiger partial charge in [0.15, 0.2) is 0 Å². The third kappa shape index (κ3) is 2.77. The summed E-state index contributed by atoms with van der Waals surface area (Å²) >= 11 is 0. The Labute approximate surface area is 124 Å². The van der Waals surface area contributed by atoms with Gasteiger partial charge in [0.25, 0.3) is 0 Å². The van der Waals surface area contributed by atoms with E-state index in [4.69, 9.17) is 4.11 Å². The highest BCUT2D eigenvalue weighted by atomic mass is 14.7. The predicted octanol–water partition coefficient (Wildman–Crippen LogP) is 4.65. The summed E-state index contributed by atoms with van der Waals surface area (Å²) < 4.78 is 23.5. The molecule has 98 valence electrons. The van der Waals surface area contributed by atoms with E-state index in [1.807, 2.05) is 60.7 Å². The van der Waals surface area contributed by atoms with Gasteiger partial charge in [0.1, 0.15) is 0 Å². The highest BCUT2D eigenvalue weighted by Crippen LogP contribution is 2.20. The van der Waals surface area contributed by atoms with E-state index in [2.05, 4.69) is 4.98 Å². The molecule has 3 rings (SSSR count). The van der Waals surface area contributed by atoms with Gasteiger partial charge < -0.3 is 0 Å². The summed E-state index contributed by atoms with van der Waals surface area (Å²) in [4.78, 5) is 4.47. The zero-order valence-corrected chi connectivity index (χ0v) is 11.1. The van der Waals surface area contributed by atoms with Crippen LogP contribution in [0.1, 0.15) is 20.8 Å². The Bertz CT molecular complexity index is 781. The van der Waals surface area contributed by atoms with Gasteiger partial charge in [0.2, 0.25) is 0 Å². The van der Waals surface area contributed by atoms with Crippen LogP contribution in [-0.4, -0.2) is 4.98 Å². The summed E-state index contributed by atoms with van der Waals surface area (Å²) in [7, 11) is 0.